The number of rotatable bonds is 6. The topological polar surface area (TPSA) is 114 Å². The van der Waals surface area contributed by atoms with E-state index in [2.05, 4.69) is 15.3 Å². The first-order valence-corrected chi connectivity index (χ1v) is 6.55. The summed E-state index contributed by atoms with van der Waals surface area (Å²) in [7, 11) is 0. The second-order valence-electron chi connectivity index (χ2n) is 4.21. The molecule has 0 saturated heterocycles. The van der Waals surface area contributed by atoms with Crippen molar-refractivity contribution in [2.75, 3.05) is 24.2 Å². The molecule has 0 fully saturated rings. The van der Waals surface area contributed by atoms with Gasteiger partial charge in [0.05, 0.1) is 18.9 Å². The number of hydrogen-bond acceptors (Lipinski definition) is 7. The Morgan fingerprint density at radius 3 is 2.71 bits per heavy atom. The maximum absolute atomic E-state index is 9.36. The van der Waals surface area contributed by atoms with Gasteiger partial charge in [0.25, 0.3) is 0 Å². The molecule has 112 valence electrons. The van der Waals surface area contributed by atoms with Crippen molar-refractivity contribution in [3.63, 3.8) is 0 Å². The number of hydrogen-bond donors (Lipinski definition) is 4. The molecule has 7 nitrogen and oxygen atoms in total. The van der Waals surface area contributed by atoms with Gasteiger partial charge in [-0.25, -0.2) is 4.98 Å². The number of aliphatic hydroxyl groups is 2. The van der Waals surface area contributed by atoms with Gasteiger partial charge in [-0.3, -0.25) is 0 Å². The lowest BCUT2D eigenvalue weighted by molar-refractivity contribution is 0.105. The summed E-state index contributed by atoms with van der Waals surface area (Å²) in [6, 6.07) is 6.78. The first-order chi connectivity index (χ1) is 10.1. The SMILES string of the molecule is Nc1ncc(Oc2ccc(Cl)cc2)c(NCC(O)CO)n1. The zero-order chi connectivity index (χ0) is 15.2. The average molecular weight is 311 g/mol. The molecule has 21 heavy (non-hydrogen) atoms. The Balaban J connectivity index is 2.16. The van der Waals surface area contributed by atoms with Gasteiger partial charge in [0.15, 0.2) is 11.6 Å². The van der Waals surface area contributed by atoms with Gasteiger partial charge in [0.2, 0.25) is 5.95 Å². The number of halogens is 1. The number of ether oxygens (including phenoxy) is 1. The van der Waals surface area contributed by atoms with E-state index in [0.29, 0.717) is 22.3 Å². The summed E-state index contributed by atoms with van der Waals surface area (Å²) in [5.74, 6) is 1.29. The standard InChI is InChI=1S/C13H15ClN4O3/c14-8-1-3-10(4-2-8)21-11-6-17-13(15)18-12(11)16-5-9(20)7-19/h1-4,6,9,19-20H,5,7H2,(H3,15,16,17,18). The number of aromatic nitrogens is 2. The van der Waals surface area contributed by atoms with E-state index < -0.39 is 6.10 Å². The van der Waals surface area contributed by atoms with E-state index >= 15 is 0 Å². The summed E-state index contributed by atoms with van der Waals surface area (Å²) in [4.78, 5) is 7.87. The first-order valence-electron chi connectivity index (χ1n) is 6.17. The average Bonchev–Trinajstić information content (AvgIpc) is 2.49. The number of anilines is 2. The fraction of sp³-hybridized carbons (Fsp3) is 0.231. The normalized spacial score (nSPS) is 12.0. The summed E-state index contributed by atoms with van der Waals surface area (Å²) >= 11 is 5.81. The van der Waals surface area contributed by atoms with E-state index in [-0.39, 0.29) is 19.1 Å². The maximum atomic E-state index is 9.36. The molecule has 0 saturated carbocycles. The minimum Gasteiger partial charge on any atom is -0.452 e. The van der Waals surface area contributed by atoms with Gasteiger partial charge < -0.3 is 26.0 Å². The third-order valence-electron chi connectivity index (χ3n) is 2.53. The van der Waals surface area contributed by atoms with Crippen molar-refractivity contribution in [3.8, 4) is 11.5 Å². The van der Waals surface area contributed by atoms with Gasteiger partial charge in [-0.05, 0) is 24.3 Å². The van der Waals surface area contributed by atoms with Gasteiger partial charge in [-0.15, -0.1) is 0 Å². The molecule has 1 aromatic heterocycles. The van der Waals surface area contributed by atoms with Crippen LogP contribution in [0.25, 0.3) is 0 Å². The smallest absolute Gasteiger partial charge is 0.222 e. The molecular formula is C13H15ClN4O3. The predicted molar refractivity (Wildman–Crippen MR) is 79.6 cm³/mol. The highest BCUT2D eigenvalue weighted by molar-refractivity contribution is 6.30. The van der Waals surface area contributed by atoms with Crippen molar-refractivity contribution in [1.82, 2.24) is 9.97 Å². The van der Waals surface area contributed by atoms with Crippen molar-refractivity contribution in [2.24, 2.45) is 0 Å². The second kappa shape index (κ2) is 7.07. The number of aliphatic hydroxyl groups excluding tert-OH is 2. The van der Waals surface area contributed by atoms with Crippen molar-refractivity contribution in [2.45, 2.75) is 6.10 Å². The van der Waals surface area contributed by atoms with Crippen molar-refractivity contribution in [1.29, 1.82) is 0 Å². The van der Waals surface area contributed by atoms with E-state index in [0.717, 1.165) is 0 Å². The zero-order valence-corrected chi connectivity index (χ0v) is 11.8. The molecule has 2 rings (SSSR count). The van der Waals surface area contributed by atoms with Gasteiger partial charge in [-0.1, -0.05) is 11.6 Å². The monoisotopic (exact) mass is 310 g/mol. The number of nitrogen functional groups attached to an aromatic ring is 1. The highest BCUT2D eigenvalue weighted by Gasteiger charge is 2.10. The van der Waals surface area contributed by atoms with Crippen LogP contribution in [0.5, 0.6) is 11.5 Å². The summed E-state index contributed by atoms with van der Waals surface area (Å²) in [5, 5.41) is 21.6. The largest absolute Gasteiger partial charge is 0.452 e. The van der Waals surface area contributed by atoms with Gasteiger partial charge >= 0.3 is 0 Å². The van der Waals surface area contributed by atoms with Crippen LogP contribution in [0.1, 0.15) is 0 Å². The molecule has 0 amide bonds. The van der Waals surface area contributed by atoms with Crippen LogP contribution in [0.2, 0.25) is 5.02 Å². The molecule has 0 aliphatic carbocycles. The molecule has 1 heterocycles. The first kappa shape index (κ1) is 15.3. The molecule has 1 aromatic carbocycles. The Kier molecular flexibility index (Phi) is 5.15. The Bertz CT molecular complexity index is 594. The molecule has 5 N–H and O–H groups in total. The molecule has 0 aliphatic heterocycles. The van der Waals surface area contributed by atoms with Crippen LogP contribution in [0, 0.1) is 0 Å². The molecule has 1 unspecified atom stereocenters. The predicted octanol–water partition coefficient (Wildman–Crippen LogP) is 1.27. The molecule has 0 spiro atoms. The summed E-state index contributed by atoms with van der Waals surface area (Å²) in [6.45, 7) is -0.259. The van der Waals surface area contributed by atoms with E-state index in [1.165, 1.54) is 6.20 Å². The Morgan fingerprint density at radius 2 is 2.05 bits per heavy atom. The quantitative estimate of drug-likeness (QED) is 0.635. The fourth-order valence-electron chi connectivity index (χ4n) is 1.49. The minimum absolute atomic E-state index is 0.0689. The van der Waals surface area contributed by atoms with E-state index in [9.17, 15) is 5.11 Å². The highest BCUT2D eigenvalue weighted by Crippen LogP contribution is 2.28. The second-order valence-corrected chi connectivity index (χ2v) is 4.65. The molecule has 0 aliphatic rings. The van der Waals surface area contributed by atoms with Crippen LogP contribution in [0.15, 0.2) is 30.5 Å². The Labute approximate surface area is 126 Å². The number of nitrogens with one attached hydrogen (secondary N) is 1. The van der Waals surface area contributed by atoms with Crippen LogP contribution in [0.4, 0.5) is 11.8 Å². The third kappa shape index (κ3) is 4.45. The van der Waals surface area contributed by atoms with Crippen LogP contribution in [0.3, 0.4) is 0 Å². The lowest BCUT2D eigenvalue weighted by Gasteiger charge is -2.13. The molecule has 1 atom stereocenters. The van der Waals surface area contributed by atoms with E-state index in [1.54, 1.807) is 24.3 Å². The Morgan fingerprint density at radius 1 is 1.33 bits per heavy atom. The van der Waals surface area contributed by atoms with Gasteiger partial charge in [0, 0.05) is 11.6 Å². The van der Waals surface area contributed by atoms with Gasteiger partial charge in [-0.2, -0.15) is 4.98 Å². The fourth-order valence-corrected chi connectivity index (χ4v) is 1.62. The summed E-state index contributed by atoms with van der Waals surface area (Å²) in [6.07, 6.45) is 0.509. The van der Waals surface area contributed by atoms with Crippen LogP contribution >= 0.6 is 11.6 Å². The van der Waals surface area contributed by atoms with Crippen molar-refractivity contribution < 1.29 is 14.9 Å². The van der Waals surface area contributed by atoms with Crippen molar-refractivity contribution in [3.05, 3.63) is 35.5 Å². The highest BCUT2D eigenvalue weighted by atomic mass is 35.5. The number of nitrogens with two attached hydrogens (primary N) is 1. The number of benzene rings is 1. The zero-order valence-electron chi connectivity index (χ0n) is 11.0. The van der Waals surface area contributed by atoms with E-state index in [1.807, 2.05) is 0 Å². The number of nitrogens with zero attached hydrogens (tertiary/aromatic N) is 2. The summed E-state index contributed by atoms with van der Waals surface area (Å²) in [5.41, 5.74) is 5.53. The lowest BCUT2D eigenvalue weighted by Crippen LogP contribution is -2.23. The van der Waals surface area contributed by atoms with Crippen LogP contribution < -0.4 is 15.8 Å². The Hall–Kier alpha value is -2.09. The lowest BCUT2D eigenvalue weighted by atomic mass is 10.3. The third-order valence-corrected chi connectivity index (χ3v) is 2.78. The minimum atomic E-state index is -0.912. The van der Waals surface area contributed by atoms with Crippen LogP contribution in [-0.4, -0.2) is 39.4 Å². The molecule has 2 aromatic rings. The van der Waals surface area contributed by atoms with E-state index in [4.69, 9.17) is 27.2 Å². The summed E-state index contributed by atoms with van der Waals surface area (Å²) < 4.78 is 5.64. The molecular weight excluding hydrogens is 296 g/mol. The van der Waals surface area contributed by atoms with Crippen LogP contribution in [-0.2, 0) is 0 Å². The van der Waals surface area contributed by atoms with Gasteiger partial charge in [0.1, 0.15) is 5.75 Å². The maximum Gasteiger partial charge on any atom is 0.222 e. The molecule has 8 heteroatoms. The molecule has 0 bridgehead atoms. The van der Waals surface area contributed by atoms with Crippen molar-refractivity contribution >= 4 is 23.4 Å². The molecule has 0 radical (unpaired) electrons.